The van der Waals surface area contributed by atoms with Gasteiger partial charge in [-0.15, -0.1) is 0 Å². The molecule has 5 heteroatoms. The maximum atomic E-state index is 11.6. The maximum absolute atomic E-state index is 11.6. The number of carbonyl (C=O) groups is 1. The Hall–Kier alpha value is -1.75. The molecule has 1 aliphatic rings. The Balaban J connectivity index is 2.27. The third-order valence-corrected chi connectivity index (χ3v) is 3.42. The van der Waals surface area contributed by atoms with Gasteiger partial charge >= 0.3 is 5.97 Å². The second-order valence-electron chi connectivity index (χ2n) is 4.58. The predicted molar refractivity (Wildman–Crippen MR) is 74.4 cm³/mol. The van der Waals surface area contributed by atoms with Crippen LogP contribution in [-0.2, 0) is 9.47 Å². The van der Waals surface area contributed by atoms with Crippen molar-refractivity contribution in [2.45, 2.75) is 19.4 Å². The molecular weight excluding hydrogens is 244 g/mol. The molecule has 104 valence electrons. The standard InChI is InChI=1S/C14H20N2O3/c1-3-10-9-16(7-8-19-10)12-6-4-5-11(13(12)15)14(17)18-2/h4-6,10H,3,7-9,15H2,1-2H3. The zero-order valence-electron chi connectivity index (χ0n) is 11.4. The number of rotatable bonds is 3. The molecule has 0 bridgehead atoms. The number of esters is 1. The first-order valence-electron chi connectivity index (χ1n) is 6.50. The van der Waals surface area contributed by atoms with Gasteiger partial charge in [0.25, 0.3) is 0 Å². The van der Waals surface area contributed by atoms with E-state index < -0.39 is 5.97 Å². The summed E-state index contributed by atoms with van der Waals surface area (Å²) in [6.45, 7) is 4.36. The molecule has 0 amide bonds. The van der Waals surface area contributed by atoms with Crippen LogP contribution in [0.2, 0.25) is 0 Å². The van der Waals surface area contributed by atoms with Crippen molar-refractivity contribution in [1.29, 1.82) is 0 Å². The third kappa shape index (κ3) is 2.81. The second-order valence-corrected chi connectivity index (χ2v) is 4.58. The average molecular weight is 264 g/mol. The first-order valence-corrected chi connectivity index (χ1v) is 6.50. The summed E-state index contributed by atoms with van der Waals surface area (Å²) in [7, 11) is 1.36. The molecule has 0 spiro atoms. The lowest BCUT2D eigenvalue weighted by Crippen LogP contribution is -2.42. The molecule has 2 N–H and O–H groups in total. The van der Waals surface area contributed by atoms with Crippen molar-refractivity contribution >= 4 is 17.3 Å². The summed E-state index contributed by atoms with van der Waals surface area (Å²) < 4.78 is 10.4. The molecule has 1 aliphatic heterocycles. The van der Waals surface area contributed by atoms with Gasteiger partial charge in [-0.05, 0) is 18.6 Å². The Morgan fingerprint density at radius 2 is 2.37 bits per heavy atom. The molecular formula is C14H20N2O3. The molecule has 0 saturated carbocycles. The van der Waals surface area contributed by atoms with Gasteiger partial charge in [-0.2, -0.15) is 0 Å². The molecule has 0 aliphatic carbocycles. The lowest BCUT2D eigenvalue weighted by Gasteiger charge is -2.35. The fraction of sp³-hybridized carbons (Fsp3) is 0.500. The summed E-state index contributed by atoms with van der Waals surface area (Å²) in [4.78, 5) is 13.8. The number of nitrogens with two attached hydrogens (primary N) is 1. The third-order valence-electron chi connectivity index (χ3n) is 3.42. The van der Waals surface area contributed by atoms with Crippen molar-refractivity contribution in [2.24, 2.45) is 0 Å². The molecule has 1 atom stereocenters. The zero-order chi connectivity index (χ0) is 13.8. The fourth-order valence-electron chi connectivity index (χ4n) is 2.30. The number of nitrogen functional groups attached to an aromatic ring is 1. The van der Waals surface area contributed by atoms with Crippen molar-refractivity contribution in [3.05, 3.63) is 23.8 Å². The van der Waals surface area contributed by atoms with Crippen LogP contribution < -0.4 is 10.6 Å². The number of benzene rings is 1. The average Bonchev–Trinajstić information content (AvgIpc) is 2.46. The fourth-order valence-corrected chi connectivity index (χ4v) is 2.30. The van der Waals surface area contributed by atoms with E-state index in [4.69, 9.17) is 15.2 Å². The van der Waals surface area contributed by atoms with E-state index in [1.54, 1.807) is 6.07 Å². The van der Waals surface area contributed by atoms with Crippen molar-refractivity contribution in [3.63, 3.8) is 0 Å². The number of hydrogen-bond acceptors (Lipinski definition) is 5. The minimum atomic E-state index is -0.403. The van der Waals surface area contributed by atoms with Crippen LogP contribution in [0.3, 0.4) is 0 Å². The van der Waals surface area contributed by atoms with E-state index in [9.17, 15) is 4.79 Å². The smallest absolute Gasteiger partial charge is 0.340 e. The summed E-state index contributed by atoms with van der Waals surface area (Å²) in [5, 5.41) is 0. The van der Waals surface area contributed by atoms with Gasteiger partial charge < -0.3 is 20.1 Å². The van der Waals surface area contributed by atoms with Gasteiger partial charge in [0.2, 0.25) is 0 Å². The van der Waals surface area contributed by atoms with Gasteiger partial charge in [-0.1, -0.05) is 13.0 Å². The summed E-state index contributed by atoms with van der Waals surface area (Å²) in [6.07, 6.45) is 1.18. The van der Waals surface area contributed by atoms with Crippen LogP contribution in [0.25, 0.3) is 0 Å². The van der Waals surface area contributed by atoms with Crippen LogP contribution >= 0.6 is 0 Å². The number of nitrogens with zero attached hydrogens (tertiary/aromatic N) is 1. The van der Waals surface area contributed by atoms with Gasteiger partial charge in [-0.3, -0.25) is 0 Å². The highest BCUT2D eigenvalue weighted by Crippen LogP contribution is 2.28. The quantitative estimate of drug-likeness (QED) is 0.664. The van der Waals surface area contributed by atoms with Crippen LogP contribution in [-0.4, -0.2) is 38.9 Å². The lowest BCUT2D eigenvalue weighted by molar-refractivity contribution is 0.0385. The SMILES string of the molecule is CCC1CN(c2cccc(C(=O)OC)c2N)CCO1. The molecule has 1 fully saturated rings. The molecule has 1 heterocycles. The van der Waals surface area contributed by atoms with Crippen LogP contribution in [0.15, 0.2) is 18.2 Å². The van der Waals surface area contributed by atoms with Crippen LogP contribution in [0.1, 0.15) is 23.7 Å². The first kappa shape index (κ1) is 13.7. The number of morpholine rings is 1. The van der Waals surface area contributed by atoms with Crippen molar-refractivity contribution in [2.75, 3.05) is 37.4 Å². The zero-order valence-corrected chi connectivity index (χ0v) is 11.4. The number of anilines is 2. The Labute approximate surface area is 113 Å². The molecule has 0 aromatic heterocycles. The molecule has 1 aromatic rings. The summed E-state index contributed by atoms with van der Waals surface area (Å²) in [5.41, 5.74) is 7.87. The highest BCUT2D eigenvalue weighted by atomic mass is 16.5. The van der Waals surface area contributed by atoms with Gasteiger partial charge in [-0.25, -0.2) is 4.79 Å². The Bertz CT molecular complexity index is 462. The molecule has 2 rings (SSSR count). The molecule has 1 aromatic carbocycles. The van der Waals surface area contributed by atoms with E-state index >= 15 is 0 Å². The van der Waals surface area contributed by atoms with E-state index in [-0.39, 0.29) is 6.10 Å². The van der Waals surface area contributed by atoms with E-state index in [1.807, 2.05) is 12.1 Å². The van der Waals surface area contributed by atoms with Crippen molar-refractivity contribution in [1.82, 2.24) is 0 Å². The Morgan fingerprint density at radius 3 is 3.05 bits per heavy atom. The van der Waals surface area contributed by atoms with Crippen LogP contribution in [0, 0.1) is 0 Å². The number of para-hydroxylation sites is 1. The summed E-state index contributed by atoms with van der Waals surface area (Å²) in [5.74, 6) is -0.403. The monoisotopic (exact) mass is 264 g/mol. The summed E-state index contributed by atoms with van der Waals surface area (Å²) in [6, 6.07) is 5.44. The van der Waals surface area contributed by atoms with E-state index in [1.165, 1.54) is 7.11 Å². The van der Waals surface area contributed by atoms with Crippen LogP contribution in [0.5, 0.6) is 0 Å². The van der Waals surface area contributed by atoms with Crippen LogP contribution in [0.4, 0.5) is 11.4 Å². The van der Waals surface area contributed by atoms with Crippen molar-refractivity contribution in [3.8, 4) is 0 Å². The minimum absolute atomic E-state index is 0.218. The molecule has 1 unspecified atom stereocenters. The van der Waals surface area contributed by atoms with E-state index in [2.05, 4.69) is 11.8 Å². The number of carbonyl (C=O) groups excluding carboxylic acids is 1. The van der Waals surface area contributed by atoms with Gasteiger partial charge in [0, 0.05) is 13.1 Å². The second kappa shape index (κ2) is 5.93. The number of methoxy groups -OCH3 is 1. The highest BCUT2D eigenvalue weighted by molar-refractivity contribution is 5.98. The maximum Gasteiger partial charge on any atom is 0.340 e. The Kier molecular flexibility index (Phi) is 4.27. The topological polar surface area (TPSA) is 64.8 Å². The molecule has 19 heavy (non-hydrogen) atoms. The first-order chi connectivity index (χ1) is 9.17. The van der Waals surface area contributed by atoms with E-state index in [0.29, 0.717) is 17.9 Å². The minimum Gasteiger partial charge on any atom is -0.465 e. The molecule has 5 nitrogen and oxygen atoms in total. The van der Waals surface area contributed by atoms with Gasteiger partial charge in [0.15, 0.2) is 0 Å². The van der Waals surface area contributed by atoms with Gasteiger partial charge in [0.1, 0.15) is 0 Å². The predicted octanol–water partition coefficient (Wildman–Crippen LogP) is 1.67. The summed E-state index contributed by atoms with van der Waals surface area (Å²) >= 11 is 0. The normalized spacial score (nSPS) is 19.3. The highest BCUT2D eigenvalue weighted by Gasteiger charge is 2.22. The number of hydrogen-bond donors (Lipinski definition) is 1. The number of ether oxygens (including phenoxy) is 2. The molecule has 1 saturated heterocycles. The Morgan fingerprint density at radius 1 is 1.58 bits per heavy atom. The molecule has 0 radical (unpaired) electrons. The van der Waals surface area contributed by atoms with E-state index in [0.717, 1.165) is 25.2 Å². The lowest BCUT2D eigenvalue weighted by atomic mass is 10.1. The largest absolute Gasteiger partial charge is 0.465 e. The van der Waals surface area contributed by atoms with Gasteiger partial charge in [0.05, 0.1) is 36.8 Å². The van der Waals surface area contributed by atoms with Crippen molar-refractivity contribution < 1.29 is 14.3 Å².